The number of hydrazine groups is 1. The molecule has 0 spiro atoms. The summed E-state index contributed by atoms with van der Waals surface area (Å²) in [6, 6.07) is 4.57. The van der Waals surface area contributed by atoms with Crippen LogP contribution in [-0.2, 0) is 13.0 Å². The van der Waals surface area contributed by atoms with Crippen LogP contribution in [-0.4, -0.2) is 16.0 Å². The first-order valence-electron chi connectivity index (χ1n) is 7.20. The summed E-state index contributed by atoms with van der Waals surface area (Å²) in [5.41, 5.74) is 3.67. The molecule has 0 saturated heterocycles. The summed E-state index contributed by atoms with van der Waals surface area (Å²) in [5, 5.41) is 2.10. The predicted octanol–water partition coefficient (Wildman–Crippen LogP) is 3.11. The van der Waals surface area contributed by atoms with Crippen LogP contribution < -0.4 is 16.2 Å². The van der Waals surface area contributed by atoms with Crippen molar-refractivity contribution in [2.24, 2.45) is 5.84 Å². The Morgan fingerprint density at radius 2 is 2.14 bits per heavy atom. The average Bonchev–Trinajstić information content (AvgIpc) is 2.98. The van der Waals surface area contributed by atoms with E-state index < -0.39 is 0 Å². The smallest absolute Gasteiger partial charge is 0.148 e. The summed E-state index contributed by atoms with van der Waals surface area (Å²) in [4.78, 5) is 12.8. The van der Waals surface area contributed by atoms with Gasteiger partial charge in [-0.25, -0.2) is 15.8 Å². The number of hydrogen-bond acceptors (Lipinski definition) is 6. The molecule has 0 aliphatic carbocycles. The molecule has 2 aromatic rings. The van der Waals surface area contributed by atoms with Gasteiger partial charge in [-0.1, -0.05) is 13.0 Å². The SMILES string of the molecule is CCc1nc(NN)c(C)c(N(Cc2cccs2)C(C)C)n1. The molecule has 0 amide bonds. The van der Waals surface area contributed by atoms with Gasteiger partial charge in [0.2, 0.25) is 0 Å². The van der Waals surface area contributed by atoms with E-state index in [2.05, 4.69) is 46.7 Å². The van der Waals surface area contributed by atoms with Crippen molar-refractivity contribution >= 4 is 23.0 Å². The molecule has 0 radical (unpaired) electrons. The molecular weight excluding hydrogens is 282 g/mol. The number of nitrogens with two attached hydrogens (primary N) is 1. The van der Waals surface area contributed by atoms with E-state index >= 15 is 0 Å². The van der Waals surface area contributed by atoms with Crippen LogP contribution in [0.1, 0.15) is 37.0 Å². The van der Waals surface area contributed by atoms with Crippen molar-refractivity contribution in [2.45, 2.75) is 46.7 Å². The summed E-state index contributed by atoms with van der Waals surface area (Å²) in [7, 11) is 0. The van der Waals surface area contributed by atoms with E-state index in [0.29, 0.717) is 11.9 Å². The van der Waals surface area contributed by atoms with Crippen molar-refractivity contribution in [1.29, 1.82) is 0 Å². The van der Waals surface area contributed by atoms with Crippen LogP contribution in [0.5, 0.6) is 0 Å². The Balaban J connectivity index is 2.44. The molecule has 3 N–H and O–H groups in total. The van der Waals surface area contributed by atoms with E-state index in [9.17, 15) is 0 Å². The molecule has 0 aliphatic heterocycles. The molecule has 6 heteroatoms. The number of anilines is 2. The minimum Gasteiger partial charge on any atom is -0.349 e. The molecule has 2 rings (SSSR count). The maximum absolute atomic E-state index is 5.60. The molecule has 21 heavy (non-hydrogen) atoms. The Hall–Kier alpha value is -1.66. The van der Waals surface area contributed by atoms with Crippen LogP contribution in [0.3, 0.4) is 0 Å². The second-order valence-corrected chi connectivity index (χ2v) is 6.27. The summed E-state index contributed by atoms with van der Waals surface area (Å²) >= 11 is 1.76. The Bertz CT molecular complexity index is 580. The van der Waals surface area contributed by atoms with Crippen LogP contribution in [0.2, 0.25) is 0 Å². The van der Waals surface area contributed by atoms with Gasteiger partial charge < -0.3 is 10.3 Å². The van der Waals surface area contributed by atoms with Crippen LogP contribution in [0, 0.1) is 6.92 Å². The highest BCUT2D eigenvalue weighted by atomic mass is 32.1. The predicted molar refractivity (Wildman–Crippen MR) is 89.6 cm³/mol. The Morgan fingerprint density at radius 1 is 1.38 bits per heavy atom. The van der Waals surface area contributed by atoms with E-state index in [1.54, 1.807) is 11.3 Å². The minimum absolute atomic E-state index is 0.344. The number of hydrogen-bond donors (Lipinski definition) is 2. The van der Waals surface area contributed by atoms with Gasteiger partial charge in [-0.15, -0.1) is 11.3 Å². The van der Waals surface area contributed by atoms with Crippen molar-refractivity contribution in [2.75, 3.05) is 10.3 Å². The zero-order chi connectivity index (χ0) is 15.4. The highest BCUT2D eigenvalue weighted by molar-refractivity contribution is 7.09. The fraction of sp³-hybridized carbons (Fsp3) is 0.467. The molecule has 2 aromatic heterocycles. The Labute approximate surface area is 130 Å². The average molecular weight is 305 g/mol. The lowest BCUT2D eigenvalue weighted by molar-refractivity contribution is 0.669. The van der Waals surface area contributed by atoms with E-state index in [-0.39, 0.29) is 0 Å². The minimum atomic E-state index is 0.344. The molecule has 0 atom stereocenters. The summed E-state index contributed by atoms with van der Waals surface area (Å²) in [5.74, 6) is 8.06. The fourth-order valence-electron chi connectivity index (χ4n) is 2.20. The standard InChI is InChI=1S/C15H23N5S/c1-5-13-17-14(19-16)11(4)15(18-13)20(10(2)3)9-12-7-6-8-21-12/h6-8,10H,5,9,16H2,1-4H3,(H,17,18,19). The number of nitrogens with one attached hydrogen (secondary N) is 1. The second kappa shape index (κ2) is 6.87. The van der Waals surface area contributed by atoms with Crippen LogP contribution in [0.4, 0.5) is 11.6 Å². The Kier molecular flexibility index (Phi) is 5.14. The van der Waals surface area contributed by atoms with Gasteiger partial charge in [0.05, 0.1) is 6.54 Å². The van der Waals surface area contributed by atoms with E-state index in [1.165, 1.54) is 4.88 Å². The quantitative estimate of drug-likeness (QED) is 0.634. The molecule has 0 saturated carbocycles. The zero-order valence-electron chi connectivity index (χ0n) is 13.1. The summed E-state index contributed by atoms with van der Waals surface area (Å²) in [6.07, 6.45) is 0.785. The number of aromatic nitrogens is 2. The topological polar surface area (TPSA) is 67.1 Å². The molecular formula is C15H23N5S. The number of nitrogens with zero attached hydrogens (tertiary/aromatic N) is 3. The first-order chi connectivity index (χ1) is 10.1. The van der Waals surface area contributed by atoms with Gasteiger partial charge in [0.25, 0.3) is 0 Å². The van der Waals surface area contributed by atoms with E-state index in [0.717, 1.165) is 30.2 Å². The van der Waals surface area contributed by atoms with Gasteiger partial charge >= 0.3 is 0 Å². The lowest BCUT2D eigenvalue weighted by Gasteiger charge is -2.29. The maximum Gasteiger partial charge on any atom is 0.148 e. The number of nitrogen functional groups attached to an aromatic ring is 1. The first kappa shape index (κ1) is 15.7. The normalized spacial score (nSPS) is 11.0. The lowest BCUT2D eigenvalue weighted by Crippen LogP contribution is -2.32. The van der Waals surface area contributed by atoms with Crippen molar-refractivity contribution in [3.05, 3.63) is 33.8 Å². The third kappa shape index (κ3) is 3.51. The zero-order valence-corrected chi connectivity index (χ0v) is 13.9. The molecule has 0 bridgehead atoms. The lowest BCUT2D eigenvalue weighted by atomic mass is 10.2. The van der Waals surface area contributed by atoms with Crippen molar-refractivity contribution in [1.82, 2.24) is 9.97 Å². The van der Waals surface area contributed by atoms with Crippen LogP contribution in [0.15, 0.2) is 17.5 Å². The highest BCUT2D eigenvalue weighted by Gasteiger charge is 2.19. The summed E-state index contributed by atoms with van der Waals surface area (Å²) in [6.45, 7) is 9.26. The van der Waals surface area contributed by atoms with Gasteiger partial charge in [-0.3, -0.25) is 0 Å². The third-order valence-electron chi connectivity index (χ3n) is 3.42. The highest BCUT2D eigenvalue weighted by Crippen LogP contribution is 2.27. The molecule has 0 aromatic carbocycles. The maximum atomic E-state index is 5.60. The molecule has 2 heterocycles. The Morgan fingerprint density at radius 3 is 2.67 bits per heavy atom. The number of rotatable bonds is 6. The molecule has 0 unspecified atom stereocenters. The van der Waals surface area contributed by atoms with Gasteiger partial charge in [0.15, 0.2) is 0 Å². The van der Waals surface area contributed by atoms with Crippen LogP contribution in [0.25, 0.3) is 0 Å². The van der Waals surface area contributed by atoms with Gasteiger partial charge in [0.1, 0.15) is 17.5 Å². The van der Waals surface area contributed by atoms with Crippen molar-refractivity contribution in [3.8, 4) is 0 Å². The monoisotopic (exact) mass is 305 g/mol. The van der Waals surface area contributed by atoms with Gasteiger partial charge in [-0.05, 0) is 32.2 Å². The second-order valence-electron chi connectivity index (χ2n) is 5.24. The van der Waals surface area contributed by atoms with Crippen LogP contribution >= 0.6 is 11.3 Å². The van der Waals surface area contributed by atoms with E-state index in [4.69, 9.17) is 10.8 Å². The third-order valence-corrected chi connectivity index (χ3v) is 4.28. The summed E-state index contributed by atoms with van der Waals surface area (Å²) < 4.78 is 0. The molecule has 114 valence electrons. The first-order valence-corrected chi connectivity index (χ1v) is 8.07. The molecule has 0 fully saturated rings. The number of aryl methyl sites for hydroxylation is 1. The number of thiophene rings is 1. The fourth-order valence-corrected chi connectivity index (χ4v) is 2.90. The molecule has 5 nitrogen and oxygen atoms in total. The molecule has 0 aliphatic rings. The largest absolute Gasteiger partial charge is 0.349 e. The van der Waals surface area contributed by atoms with Gasteiger partial charge in [-0.2, -0.15) is 0 Å². The van der Waals surface area contributed by atoms with E-state index in [1.807, 2.05) is 13.8 Å². The van der Waals surface area contributed by atoms with Gasteiger partial charge in [0, 0.05) is 22.9 Å². The van der Waals surface area contributed by atoms with Crippen molar-refractivity contribution < 1.29 is 0 Å². The van der Waals surface area contributed by atoms with Crippen molar-refractivity contribution in [3.63, 3.8) is 0 Å².